The van der Waals surface area contributed by atoms with Gasteiger partial charge in [0.25, 0.3) is 0 Å². The molecule has 2 aliphatic heterocycles. The molecular formula is C74H74BN3O2. The molecular weight excluding hydrogens is 974 g/mol. The molecule has 0 bridgehead atoms. The van der Waals surface area contributed by atoms with Crippen molar-refractivity contribution >= 4 is 107 Å². The molecule has 0 atom stereocenters. The van der Waals surface area contributed by atoms with Crippen LogP contribution in [0.5, 0.6) is 0 Å². The molecule has 0 unspecified atom stereocenters. The molecule has 2 aromatic heterocycles. The van der Waals surface area contributed by atoms with Crippen LogP contribution in [0.3, 0.4) is 0 Å². The summed E-state index contributed by atoms with van der Waals surface area (Å²) in [5.74, 6) is 0. The van der Waals surface area contributed by atoms with Gasteiger partial charge in [0.15, 0.2) is 0 Å². The molecule has 80 heavy (non-hydrogen) atoms. The maximum atomic E-state index is 7.25. The highest BCUT2D eigenvalue weighted by Crippen LogP contribution is 2.53. The van der Waals surface area contributed by atoms with Gasteiger partial charge in [0.1, 0.15) is 22.3 Å². The van der Waals surface area contributed by atoms with Crippen molar-refractivity contribution in [2.75, 3.05) is 14.6 Å². The molecule has 0 N–H and O–H groups in total. The lowest BCUT2D eigenvalue weighted by molar-refractivity contribution is 0.590. The van der Waals surface area contributed by atoms with Gasteiger partial charge in [-0.1, -0.05) is 183 Å². The Bertz CT molecular complexity index is 4180. The van der Waals surface area contributed by atoms with Gasteiger partial charge < -0.3 is 23.4 Å². The number of fused-ring (bicyclic) bond motifs is 11. The van der Waals surface area contributed by atoms with Gasteiger partial charge in [0.05, 0.1) is 0 Å². The lowest BCUT2D eigenvalue weighted by Crippen LogP contribution is -2.61. The summed E-state index contributed by atoms with van der Waals surface area (Å²) in [6, 6.07) is 66.5. The van der Waals surface area contributed by atoms with E-state index in [-0.39, 0.29) is 33.9 Å². The van der Waals surface area contributed by atoms with Gasteiger partial charge in [-0.2, -0.15) is 0 Å². The van der Waals surface area contributed by atoms with Crippen LogP contribution in [0.15, 0.2) is 185 Å². The Morgan fingerprint density at radius 3 is 1.41 bits per heavy atom. The van der Waals surface area contributed by atoms with Crippen LogP contribution in [0.1, 0.15) is 132 Å². The molecule has 11 aromatic rings. The summed E-state index contributed by atoms with van der Waals surface area (Å²) >= 11 is 0. The van der Waals surface area contributed by atoms with Crippen LogP contribution in [-0.2, 0) is 27.1 Å². The number of nitrogens with zero attached hydrogens (tertiary/aromatic N) is 3. The highest BCUT2D eigenvalue weighted by Gasteiger charge is 2.47. The molecule has 9 aromatic carbocycles. The second-order valence-corrected chi connectivity index (χ2v) is 28.0. The molecule has 0 saturated carbocycles. The lowest BCUT2D eigenvalue weighted by atomic mass is 9.43. The van der Waals surface area contributed by atoms with Crippen LogP contribution in [-0.4, -0.2) is 6.85 Å². The largest absolute Gasteiger partial charge is 0.456 e. The first kappa shape index (κ1) is 51.5. The van der Waals surface area contributed by atoms with Gasteiger partial charge in [-0.15, -0.1) is 0 Å². The molecule has 0 aliphatic carbocycles. The average molecular weight is 1050 g/mol. The molecule has 0 amide bonds. The molecule has 2 aliphatic rings. The van der Waals surface area contributed by atoms with Gasteiger partial charge >= 0.3 is 6.85 Å². The maximum absolute atomic E-state index is 7.25. The van der Waals surface area contributed by atoms with E-state index in [2.05, 4.69) is 294 Å². The minimum atomic E-state index is -0.232. The Morgan fingerprint density at radius 2 is 0.850 bits per heavy atom. The topological polar surface area (TPSA) is 36.0 Å². The first-order valence-electron chi connectivity index (χ1n) is 28.8. The van der Waals surface area contributed by atoms with E-state index in [4.69, 9.17) is 8.83 Å². The third-order valence-electron chi connectivity index (χ3n) is 17.2. The smallest absolute Gasteiger partial charge is 0.333 e. The first-order valence-corrected chi connectivity index (χ1v) is 28.8. The Balaban J connectivity index is 1.11. The fraction of sp³-hybridized carbons (Fsp3) is 0.270. The molecule has 4 heterocycles. The fourth-order valence-electron chi connectivity index (χ4n) is 12.5. The predicted octanol–water partition coefficient (Wildman–Crippen LogP) is 20.2. The standard InChI is InChI=1S/C74H74BN3O2/c1-70(2,3)45-20-29-50(30-21-45)76(51-31-22-46(23-32-51)71(4,5)6)54-37-39-65-56(41-54)57-42-59-62(44-66(57)79-65)78(53-35-26-48(27-36-53)73(10,11)12)75-60-40-49(74(13,14)15)28-38-61(60)77(52-33-24-47(25-34-52)72(7,8)9)63-43-58-55-18-16-17-19-64(55)80-69(58)67(59)68(63)75/h16-44H,1-15H3. The van der Waals surface area contributed by atoms with E-state index in [0.717, 1.165) is 94.8 Å². The van der Waals surface area contributed by atoms with Gasteiger partial charge in [0, 0.05) is 84.2 Å². The lowest BCUT2D eigenvalue weighted by Gasteiger charge is -2.46. The monoisotopic (exact) mass is 1050 g/mol. The third-order valence-corrected chi connectivity index (χ3v) is 17.2. The second-order valence-electron chi connectivity index (χ2n) is 28.0. The summed E-state index contributed by atoms with van der Waals surface area (Å²) in [5.41, 5.74) is 23.4. The van der Waals surface area contributed by atoms with Crippen LogP contribution < -0.4 is 25.5 Å². The Labute approximate surface area is 474 Å². The quantitative estimate of drug-likeness (QED) is 0.161. The fourth-order valence-corrected chi connectivity index (χ4v) is 12.5. The van der Waals surface area contributed by atoms with Crippen LogP contribution in [0.25, 0.3) is 55.0 Å². The maximum Gasteiger partial charge on any atom is 0.333 e. The first-order chi connectivity index (χ1) is 37.8. The van der Waals surface area contributed by atoms with E-state index in [0.29, 0.717) is 0 Å². The Kier molecular flexibility index (Phi) is 11.4. The van der Waals surface area contributed by atoms with E-state index < -0.39 is 0 Å². The van der Waals surface area contributed by atoms with Crippen molar-refractivity contribution < 1.29 is 8.83 Å². The van der Waals surface area contributed by atoms with Crippen LogP contribution in [0.4, 0.5) is 45.5 Å². The van der Waals surface area contributed by atoms with E-state index in [9.17, 15) is 0 Å². The zero-order valence-corrected chi connectivity index (χ0v) is 49.5. The summed E-state index contributed by atoms with van der Waals surface area (Å²) < 4.78 is 14.4. The Morgan fingerprint density at radius 1 is 0.362 bits per heavy atom. The van der Waals surface area contributed by atoms with E-state index >= 15 is 0 Å². The van der Waals surface area contributed by atoms with E-state index in [1.165, 1.54) is 44.4 Å². The van der Waals surface area contributed by atoms with Crippen molar-refractivity contribution in [3.8, 4) is 11.1 Å². The molecule has 0 saturated heterocycles. The van der Waals surface area contributed by atoms with Crippen LogP contribution in [0.2, 0.25) is 0 Å². The van der Waals surface area contributed by atoms with Gasteiger partial charge in [-0.3, -0.25) is 0 Å². The molecule has 5 nitrogen and oxygen atoms in total. The zero-order chi connectivity index (χ0) is 56.2. The molecule has 13 rings (SSSR count). The highest BCUT2D eigenvalue weighted by atomic mass is 16.3. The summed E-state index contributed by atoms with van der Waals surface area (Å²) in [4.78, 5) is 7.53. The molecule has 0 fully saturated rings. The normalized spacial score (nSPS) is 13.9. The molecule has 400 valence electrons. The van der Waals surface area contributed by atoms with Gasteiger partial charge in [-0.05, 0) is 157 Å². The van der Waals surface area contributed by atoms with E-state index in [1.54, 1.807) is 0 Å². The molecule has 0 spiro atoms. The van der Waals surface area contributed by atoms with Crippen molar-refractivity contribution in [3.05, 3.63) is 204 Å². The number of furan rings is 2. The number of hydrogen-bond donors (Lipinski definition) is 0. The number of anilines is 8. The summed E-state index contributed by atoms with van der Waals surface area (Å²) in [6.07, 6.45) is 0. The van der Waals surface area contributed by atoms with Crippen molar-refractivity contribution in [1.29, 1.82) is 0 Å². The molecule has 0 radical (unpaired) electrons. The van der Waals surface area contributed by atoms with Crippen LogP contribution in [0, 0.1) is 0 Å². The van der Waals surface area contributed by atoms with Crippen LogP contribution >= 0.6 is 0 Å². The van der Waals surface area contributed by atoms with E-state index in [1.807, 2.05) is 0 Å². The Hall–Kier alpha value is -7.96. The number of hydrogen-bond acceptors (Lipinski definition) is 5. The van der Waals surface area contributed by atoms with Crippen molar-refractivity contribution in [2.24, 2.45) is 0 Å². The third kappa shape index (κ3) is 8.43. The number of benzene rings is 9. The minimum absolute atomic E-state index is 0.00260. The van der Waals surface area contributed by atoms with Gasteiger partial charge in [-0.25, -0.2) is 0 Å². The SMILES string of the molecule is CC(C)(C)c1ccc(N2B3c4cc(C(C)(C)C)ccc4N(c4ccc(C(C)(C)C)cc4)c4cc5c(oc6ccccc65)c(c43)-c3cc4c(cc32)oc2ccc(N(c3ccc(C(C)(C)C)cc3)c3ccc(C(C)(C)C)cc3)cc24)cc1. The summed E-state index contributed by atoms with van der Waals surface area (Å²) in [6.45, 7) is 34.1. The van der Waals surface area contributed by atoms with Crippen molar-refractivity contribution in [1.82, 2.24) is 0 Å². The number of rotatable bonds is 5. The predicted molar refractivity (Wildman–Crippen MR) is 343 cm³/mol. The average Bonchev–Trinajstić information content (AvgIpc) is 4.09. The zero-order valence-electron chi connectivity index (χ0n) is 49.5. The highest BCUT2D eigenvalue weighted by molar-refractivity contribution is 6.94. The number of para-hydroxylation sites is 1. The molecule has 6 heteroatoms. The van der Waals surface area contributed by atoms with Crippen molar-refractivity contribution in [3.63, 3.8) is 0 Å². The van der Waals surface area contributed by atoms with Crippen molar-refractivity contribution in [2.45, 2.75) is 131 Å². The summed E-state index contributed by atoms with van der Waals surface area (Å²) in [7, 11) is 0. The van der Waals surface area contributed by atoms with Gasteiger partial charge in [0.2, 0.25) is 0 Å². The summed E-state index contributed by atoms with van der Waals surface area (Å²) in [5, 5.41) is 4.30. The minimum Gasteiger partial charge on any atom is -0.456 e. The second kappa shape index (κ2) is 17.8.